The van der Waals surface area contributed by atoms with Crippen LogP contribution in [-0.4, -0.2) is 28.1 Å². The van der Waals surface area contributed by atoms with E-state index in [1.54, 1.807) is 0 Å². The Morgan fingerprint density at radius 1 is 1.04 bits per heavy atom. The molecule has 0 saturated carbocycles. The minimum Gasteiger partial charge on any atom is -0.390 e. The van der Waals surface area contributed by atoms with Crippen LogP contribution in [0.5, 0.6) is 0 Å². The summed E-state index contributed by atoms with van der Waals surface area (Å²) in [6.45, 7) is 6.87. The first-order valence-electron chi connectivity index (χ1n) is 9.24. The van der Waals surface area contributed by atoms with Crippen LogP contribution >= 0.6 is 0 Å². The maximum absolute atomic E-state index is 9.44. The van der Waals surface area contributed by atoms with Crippen LogP contribution in [0, 0.1) is 6.92 Å². The van der Waals surface area contributed by atoms with Crippen molar-refractivity contribution in [3.63, 3.8) is 0 Å². The van der Waals surface area contributed by atoms with Gasteiger partial charge in [-0.1, -0.05) is 30.3 Å². The fourth-order valence-corrected chi connectivity index (χ4v) is 4.01. The second-order valence-electron chi connectivity index (χ2n) is 7.19. The summed E-state index contributed by atoms with van der Waals surface area (Å²) >= 11 is 0. The molecule has 1 aliphatic heterocycles. The quantitative estimate of drug-likeness (QED) is 0.720. The van der Waals surface area contributed by atoms with E-state index in [-0.39, 0.29) is 6.61 Å². The van der Waals surface area contributed by atoms with Crippen LogP contribution in [-0.2, 0) is 6.61 Å². The number of nitrogens with one attached hydrogen (secondary N) is 1. The van der Waals surface area contributed by atoms with Crippen molar-refractivity contribution in [1.82, 2.24) is 9.88 Å². The Kier molecular flexibility index (Phi) is 4.36. The molecule has 1 saturated heterocycles. The number of nitrogens with zero attached hydrogens (tertiary/aromatic N) is 1. The number of hydrogen-bond acceptors (Lipinski definition) is 2. The van der Waals surface area contributed by atoms with Gasteiger partial charge in [-0.2, -0.15) is 0 Å². The summed E-state index contributed by atoms with van der Waals surface area (Å²) in [6, 6.07) is 16.0. The number of H-pyrrole nitrogens is 1. The van der Waals surface area contributed by atoms with Crippen LogP contribution in [0.25, 0.3) is 22.0 Å². The Morgan fingerprint density at radius 3 is 2.40 bits per heavy atom. The van der Waals surface area contributed by atoms with Crippen molar-refractivity contribution in [2.75, 3.05) is 13.1 Å². The van der Waals surface area contributed by atoms with Gasteiger partial charge in [0.15, 0.2) is 0 Å². The number of hydrogen-bond donors (Lipinski definition) is 2. The van der Waals surface area contributed by atoms with Gasteiger partial charge in [-0.15, -0.1) is 0 Å². The molecule has 130 valence electrons. The minimum atomic E-state index is 0.0545. The molecule has 3 aromatic rings. The normalized spacial score (nSPS) is 16.6. The SMILES string of the molecule is Cc1c(CO)[nH]c2ccc(-c3ccc(C(C)N4CCCC4)cc3)cc12. The van der Waals surface area contributed by atoms with Gasteiger partial charge in [0.1, 0.15) is 0 Å². The summed E-state index contributed by atoms with van der Waals surface area (Å²) in [5, 5.41) is 10.6. The Balaban J connectivity index is 1.63. The van der Waals surface area contributed by atoms with E-state index in [4.69, 9.17) is 0 Å². The third kappa shape index (κ3) is 2.99. The number of rotatable bonds is 4. The van der Waals surface area contributed by atoms with Crippen molar-refractivity contribution in [2.24, 2.45) is 0 Å². The molecule has 0 aliphatic carbocycles. The number of benzene rings is 2. The zero-order chi connectivity index (χ0) is 17.4. The van der Waals surface area contributed by atoms with Crippen LogP contribution in [0.1, 0.15) is 42.6 Å². The predicted molar refractivity (Wildman–Crippen MR) is 104 cm³/mol. The molecule has 1 aromatic heterocycles. The molecule has 0 bridgehead atoms. The summed E-state index contributed by atoms with van der Waals surface area (Å²) in [5.41, 5.74) is 6.99. The molecule has 3 heteroatoms. The van der Waals surface area contributed by atoms with E-state index in [1.165, 1.54) is 48.0 Å². The fourth-order valence-electron chi connectivity index (χ4n) is 4.01. The molecule has 0 amide bonds. The summed E-state index contributed by atoms with van der Waals surface area (Å²) in [6.07, 6.45) is 2.66. The van der Waals surface area contributed by atoms with E-state index in [0.717, 1.165) is 16.8 Å². The van der Waals surface area contributed by atoms with E-state index >= 15 is 0 Å². The number of aliphatic hydroxyl groups excluding tert-OH is 1. The van der Waals surface area contributed by atoms with E-state index in [1.807, 2.05) is 0 Å². The van der Waals surface area contributed by atoms with Gasteiger partial charge in [0, 0.05) is 22.6 Å². The van der Waals surface area contributed by atoms with Crippen molar-refractivity contribution >= 4 is 10.9 Å². The predicted octanol–water partition coefficient (Wildman–Crippen LogP) is 4.79. The maximum Gasteiger partial charge on any atom is 0.0833 e. The van der Waals surface area contributed by atoms with Crippen molar-refractivity contribution < 1.29 is 5.11 Å². The molecule has 3 nitrogen and oxygen atoms in total. The smallest absolute Gasteiger partial charge is 0.0833 e. The van der Waals surface area contributed by atoms with E-state index in [0.29, 0.717) is 6.04 Å². The maximum atomic E-state index is 9.44. The summed E-state index contributed by atoms with van der Waals surface area (Å²) in [5.74, 6) is 0. The molecule has 2 aromatic carbocycles. The highest BCUT2D eigenvalue weighted by molar-refractivity contribution is 5.88. The first-order valence-corrected chi connectivity index (χ1v) is 9.24. The molecule has 4 rings (SSSR count). The minimum absolute atomic E-state index is 0.0545. The highest BCUT2D eigenvalue weighted by atomic mass is 16.3. The second kappa shape index (κ2) is 6.66. The van der Waals surface area contributed by atoms with Crippen LogP contribution in [0.3, 0.4) is 0 Å². The Hall–Kier alpha value is -2.10. The fraction of sp³-hybridized carbons (Fsp3) is 0.364. The Morgan fingerprint density at radius 2 is 1.72 bits per heavy atom. The third-order valence-electron chi connectivity index (χ3n) is 5.73. The molecule has 1 unspecified atom stereocenters. The van der Waals surface area contributed by atoms with Gasteiger partial charge in [0.25, 0.3) is 0 Å². The first-order chi connectivity index (χ1) is 12.2. The highest BCUT2D eigenvalue weighted by Crippen LogP contribution is 2.30. The first kappa shape index (κ1) is 16.4. The zero-order valence-electron chi connectivity index (χ0n) is 15.0. The van der Waals surface area contributed by atoms with Crippen molar-refractivity contribution in [1.29, 1.82) is 0 Å². The summed E-state index contributed by atoms with van der Waals surface area (Å²) in [4.78, 5) is 5.86. The average Bonchev–Trinajstić information content (AvgIpc) is 3.29. The van der Waals surface area contributed by atoms with Gasteiger partial charge in [-0.3, -0.25) is 4.90 Å². The van der Waals surface area contributed by atoms with Gasteiger partial charge in [0.05, 0.1) is 6.61 Å². The monoisotopic (exact) mass is 334 g/mol. The van der Waals surface area contributed by atoms with Gasteiger partial charge in [0.2, 0.25) is 0 Å². The largest absolute Gasteiger partial charge is 0.390 e. The number of aryl methyl sites for hydroxylation is 1. The third-order valence-corrected chi connectivity index (χ3v) is 5.73. The van der Waals surface area contributed by atoms with E-state index in [9.17, 15) is 5.11 Å². The number of aliphatic hydroxyl groups is 1. The molecule has 0 radical (unpaired) electrons. The van der Waals surface area contributed by atoms with Crippen LogP contribution in [0.15, 0.2) is 42.5 Å². The molecule has 2 N–H and O–H groups in total. The highest BCUT2D eigenvalue weighted by Gasteiger charge is 2.19. The molecule has 1 fully saturated rings. The molecular weight excluding hydrogens is 308 g/mol. The van der Waals surface area contributed by atoms with Crippen molar-refractivity contribution in [3.05, 3.63) is 59.3 Å². The molecule has 1 aliphatic rings. The lowest BCUT2D eigenvalue weighted by molar-refractivity contribution is 0.263. The molecule has 25 heavy (non-hydrogen) atoms. The Labute approximate surface area is 149 Å². The lowest BCUT2D eigenvalue weighted by Crippen LogP contribution is -2.23. The summed E-state index contributed by atoms with van der Waals surface area (Å²) < 4.78 is 0. The van der Waals surface area contributed by atoms with Gasteiger partial charge in [-0.05, 0) is 74.2 Å². The van der Waals surface area contributed by atoms with Crippen LogP contribution in [0.4, 0.5) is 0 Å². The van der Waals surface area contributed by atoms with Gasteiger partial charge >= 0.3 is 0 Å². The lowest BCUT2D eigenvalue weighted by atomic mass is 9.99. The van der Waals surface area contributed by atoms with Gasteiger partial charge in [-0.25, -0.2) is 0 Å². The second-order valence-corrected chi connectivity index (χ2v) is 7.19. The molecule has 0 spiro atoms. The van der Waals surface area contributed by atoms with Crippen molar-refractivity contribution in [2.45, 2.75) is 39.3 Å². The van der Waals surface area contributed by atoms with Gasteiger partial charge < -0.3 is 10.1 Å². The number of fused-ring (bicyclic) bond motifs is 1. The standard InChI is InChI=1S/C22H26N2O/c1-15-20-13-19(9-10-21(20)23-22(15)14-25)18-7-5-17(6-8-18)16(2)24-11-3-4-12-24/h5-10,13,16,23,25H,3-4,11-12,14H2,1-2H3. The topological polar surface area (TPSA) is 39.3 Å². The van der Waals surface area contributed by atoms with Crippen LogP contribution in [0.2, 0.25) is 0 Å². The Bertz CT molecular complexity index is 873. The average molecular weight is 334 g/mol. The lowest BCUT2D eigenvalue weighted by Gasteiger charge is -2.24. The number of aromatic amines is 1. The molecule has 1 atom stereocenters. The molecular formula is C22H26N2O. The molecule has 2 heterocycles. The van der Waals surface area contributed by atoms with E-state index in [2.05, 4.69) is 66.2 Å². The number of aromatic nitrogens is 1. The summed E-state index contributed by atoms with van der Waals surface area (Å²) in [7, 11) is 0. The number of likely N-dealkylation sites (tertiary alicyclic amines) is 1. The zero-order valence-corrected chi connectivity index (χ0v) is 15.0. The van der Waals surface area contributed by atoms with Crippen molar-refractivity contribution in [3.8, 4) is 11.1 Å². The van der Waals surface area contributed by atoms with Crippen LogP contribution < -0.4 is 0 Å². The van der Waals surface area contributed by atoms with E-state index < -0.39 is 0 Å².